The Hall–Kier alpha value is -3.67. The second-order valence-corrected chi connectivity index (χ2v) is 6.68. The highest BCUT2D eigenvalue weighted by atomic mass is 16.5. The standard InChI is InChI=1S/C22H18N2O4/c1-23-19-9-8-15(22(27)28-3)10-17(19)18-11-16(21(26)24(2)20(18)23)14-6-4-13(12-25)5-7-14/h4-12H,1-3H3. The number of nitrogens with zero attached hydrogens (tertiary/aromatic N) is 2. The van der Waals surface area contributed by atoms with Gasteiger partial charge in [-0.2, -0.15) is 0 Å². The van der Waals surface area contributed by atoms with Crippen molar-refractivity contribution in [3.63, 3.8) is 0 Å². The molecule has 0 atom stereocenters. The monoisotopic (exact) mass is 374 g/mol. The summed E-state index contributed by atoms with van der Waals surface area (Å²) >= 11 is 0. The van der Waals surface area contributed by atoms with E-state index >= 15 is 0 Å². The Morgan fingerprint density at radius 1 is 0.964 bits per heavy atom. The van der Waals surface area contributed by atoms with E-state index in [1.54, 1.807) is 48.0 Å². The summed E-state index contributed by atoms with van der Waals surface area (Å²) < 4.78 is 8.38. The Bertz CT molecular complexity index is 1310. The minimum absolute atomic E-state index is 0.134. The van der Waals surface area contributed by atoms with Crippen LogP contribution in [0.1, 0.15) is 20.7 Å². The van der Waals surface area contributed by atoms with Crippen LogP contribution in [0.25, 0.3) is 33.1 Å². The van der Waals surface area contributed by atoms with Crippen LogP contribution in [0, 0.1) is 0 Å². The highest BCUT2D eigenvalue weighted by Crippen LogP contribution is 2.30. The van der Waals surface area contributed by atoms with Crippen molar-refractivity contribution in [2.45, 2.75) is 0 Å². The van der Waals surface area contributed by atoms with Gasteiger partial charge in [0.25, 0.3) is 5.56 Å². The average molecular weight is 374 g/mol. The van der Waals surface area contributed by atoms with Gasteiger partial charge in [0.05, 0.1) is 18.2 Å². The number of rotatable bonds is 3. The number of aryl methyl sites for hydroxylation is 2. The van der Waals surface area contributed by atoms with Gasteiger partial charge in [-0.05, 0) is 29.8 Å². The number of aromatic nitrogens is 2. The average Bonchev–Trinajstić information content (AvgIpc) is 3.01. The van der Waals surface area contributed by atoms with Crippen LogP contribution in [-0.2, 0) is 18.8 Å². The van der Waals surface area contributed by atoms with Gasteiger partial charge < -0.3 is 9.30 Å². The lowest BCUT2D eigenvalue weighted by Crippen LogP contribution is -2.20. The highest BCUT2D eigenvalue weighted by Gasteiger charge is 2.17. The molecule has 0 unspecified atom stereocenters. The van der Waals surface area contributed by atoms with Crippen molar-refractivity contribution in [1.82, 2.24) is 9.13 Å². The molecule has 0 radical (unpaired) electrons. The number of carbonyl (C=O) groups is 2. The Kier molecular flexibility index (Phi) is 4.11. The second kappa shape index (κ2) is 6.49. The van der Waals surface area contributed by atoms with Crippen LogP contribution < -0.4 is 5.56 Å². The van der Waals surface area contributed by atoms with E-state index < -0.39 is 5.97 Å². The van der Waals surface area contributed by atoms with E-state index in [4.69, 9.17) is 4.74 Å². The number of ether oxygens (including phenoxy) is 1. The minimum Gasteiger partial charge on any atom is -0.465 e. The number of fused-ring (bicyclic) bond motifs is 3. The van der Waals surface area contributed by atoms with Crippen LogP contribution in [0.5, 0.6) is 0 Å². The van der Waals surface area contributed by atoms with Gasteiger partial charge in [-0.1, -0.05) is 24.3 Å². The van der Waals surface area contributed by atoms with Gasteiger partial charge in [0.2, 0.25) is 0 Å². The molecule has 4 aromatic rings. The quantitative estimate of drug-likeness (QED) is 0.408. The summed E-state index contributed by atoms with van der Waals surface area (Å²) in [6.45, 7) is 0. The Morgan fingerprint density at radius 3 is 2.32 bits per heavy atom. The molecule has 4 rings (SSSR count). The molecule has 0 aliphatic heterocycles. The van der Waals surface area contributed by atoms with Gasteiger partial charge in [-0.25, -0.2) is 4.79 Å². The lowest BCUT2D eigenvalue weighted by molar-refractivity contribution is 0.0601. The molecule has 6 heteroatoms. The van der Waals surface area contributed by atoms with Crippen molar-refractivity contribution in [2.24, 2.45) is 14.1 Å². The summed E-state index contributed by atoms with van der Waals surface area (Å²) in [5.41, 5.74) is 3.80. The molecular weight excluding hydrogens is 356 g/mol. The first-order valence-electron chi connectivity index (χ1n) is 8.72. The van der Waals surface area contributed by atoms with E-state index in [1.165, 1.54) is 7.11 Å². The predicted molar refractivity (Wildman–Crippen MR) is 108 cm³/mol. The third kappa shape index (κ3) is 2.53. The van der Waals surface area contributed by atoms with Crippen molar-refractivity contribution in [1.29, 1.82) is 0 Å². The normalized spacial score (nSPS) is 11.1. The number of hydrogen-bond acceptors (Lipinski definition) is 4. The molecule has 0 spiro atoms. The maximum Gasteiger partial charge on any atom is 0.337 e. The third-order valence-corrected chi connectivity index (χ3v) is 5.13. The van der Waals surface area contributed by atoms with Gasteiger partial charge in [0, 0.05) is 36.0 Å². The largest absolute Gasteiger partial charge is 0.465 e. The Balaban J connectivity index is 2.06. The molecule has 0 aliphatic carbocycles. The topological polar surface area (TPSA) is 70.3 Å². The molecule has 28 heavy (non-hydrogen) atoms. The van der Waals surface area contributed by atoms with Crippen molar-refractivity contribution >= 4 is 34.2 Å². The van der Waals surface area contributed by atoms with Crippen LogP contribution in [0.2, 0.25) is 0 Å². The van der Waals surface area contributed by atoms with E-state index in [9.17, 15) is 14.4 Å². The van der Waals surface area contributed by atoms with Crippen molar-refractivity contribution in [3.05, 3.63) is 70.0 Å². The second-order valence-electron chi connectivity index (χ2n) is 6.68. The van der Waals surface area contributed by atoms with Gasteiger partial charge in [0.15, 0.2) is 0 Å². The van der Waals surface area contributed by atoms with E-state index in [1.807, 2.05) is 23.7 Å². The zero-order valence-corrected chi connectivity index (χ0v) is 15.7. The number of benzene rings is 2. The molecule has 2 aromatic heterocycles. The molecule has 0 fully saturated rings. The van der Waals surface area contributed by atoms with Crippen LogP contribution in [-0.4, -0.2) is 28.5 Å². The van der Waals surface area contributed by atoms with Gasteiger partial charge in [-0.15, -0.1) is 0 Å². The highest BCUT2D eigenvalue weighted by molar-refractivity contribution is 6.10. The molecule has 0 aliphatic rings. The van der Waals surface area contributed by atoms with E-state index in [0.717, 1.165) is 33.8 Å². The van der Waals surface area contributed by atoms with Crippen LogP contribution in [0.15, 0.2) is 53.3 Å². The van der Waals surface area contributed by atoms with Gasteiger partial charge in [0.1, 0.15) is 11.9 Å². The third-order valence-electron chi connectivity index (χ3n) is 5.13. The Morgan fingerprint density at radius 2 is 1.68 bits per heavy atom. The molecule has 0 amide bonds. The van der Waals surface area contributed by atoms with Crippen LogP contribution >= 0.6 is 0 Å². The SMILES string of the molecule is COC(=O)c1ccc2c(c1)c1cc(-c3ccc(C=O)cc3)c(=O)n(C)c1n2C. The lowest BCUT2D eigenvalue weighted by Gasteiger charge is -2.08. The predicted octanol–water partition coefficient (Wildman–Crippen LogP) is 3.30. The Labute approximate surface area is 160 Å². The number of esters is 1. The van der Waals surface area contributed by atoms with Crippen LogP contribution in [0.4, 0.5) is 0 Å². The number of pyridine rings is 1. The minimum atomic E-state index is -0.409. The zero-order chi connectivity index (χ0) is 20.0. The first-order valence-corrected chi connectivity index (χ1v) is 8.72. The molecule has 0 bridgehead atoms. The summed E-state index contributed by atoms with van der Waals surface area (Å²) in [5, 5.41) is 1.72. The molecule has 140 valence electrons. The van der Waals surface area contributed by atoms with E-state index in [-0.39, 0.29) is 5.56 Å². The number of methoxy groups -OCH3 is 1. The van der Waals surface area contributed by atoms with Crippen molar-refractivity contribution < 1.29 is 14.3 Å². The summed E-state index contributed by atoms with van der Waals surface area (Å²) in [4.78, 5) is 35.9. The van der Waals surface area contributed by atoms with E-state index in [0.29, 0.717) is 16.7 Å². The zero-order valence-electron chi connectivity index (χ0n) is 15.7. The number of hydrogen-bond donors (Lipinski definition) is 0. The molecular formula is C22H18N2O4. The maximum atomic E-state index is 13.0. The molecule has 0 N–H and O–H groups in total. The van der Waals surface area contributed by atoms with Gasteiger partial charge >= 0.3 is 5.97 Å². The summed E-state index contributed by atoms with van der Waals surface area (Å²) in [7, 11) is 4.97. The van der Waals surface area contributed by atoms with Crippen LogP contribution in [0.3, 0.4) is 0 Å². The molecule has 2 aromatic carbocycles. The smallest absolute Gasteiger partial charge is 0.337 e. The molecule has 6 nitrogen and oxygen atoms in total. The van der Waals surface area contributed by atoms with Crippen molar-refractivity contribution in [3.8, 4) is 11.1 Å². The number of carbonyl (C=O) groups excluding carboxylic acids is 2. The fourth-order valence-electron chi connectivity index (χ4n) is 3.68. The number of aldehydes is 1. The fraction of sp³-hybridized carbons (Fsp3) is 0.136. The fourth-order valence-corrected chi connectivity index (χ4v) is 3.68. The first kappa shape index (κ1) is 17.7. The van der Waals surface area contributed by atoms with Gasteiger partial charge in [-0.3, -0.25) is 14.2 Å². The molecule has 0 saturated heterocycles. The van der Waals surface area contributed by atoms with E-state index in [2.05, 4.69) is 0 Å². The van der Waals surface area contributed by atoms with Crippen molar-refractivity contribution in [2.75, 3.05) is 7.11 Å². The lowest BCUT2D eigenvalue weighted by atomic mass is 10.0. The summed E-state index contributed by atoms with van der Waals surface area (Å²) in [5.74, 6) is -0.409. The summed E-state index contributed by atoms with van der Waals surface area (Å²) in [6.07, 6.45) is 0.768. The summed E-state index contributed by atoms with van der Waals surface area (Å²) in [6, 6.07) is 14.1. The molecule has 2 heterocycles. The first-order chi connectivity index (χ1) is 13.5. The molecule has 0 saturated carbocycles. The maximum absolute atomic E-state index is 13.0.